The number of aromatic nitrogens is 1. The average Bonchev–Trinajstić information content (AvgIpc) is 2.46. The van der Waals surface area contributed by atoms with Crippen LogP contribution in [0.3, 0.4) is 0 Å². The Hall–Kier alpha value is -1.95. The van der Waals surface area contributed by atoms with Gasteiger partial charge in [-0.2, -0.15) is 13.2 Å². The second-order valence-corrected chi connectivity index (χ2v) is 4.76. The second-order valence-electron chi connectivity index (χ2n) is 4.76. The summed E-state index contributed by atoms with van der Waals surface area (Å²) in [6.45, 7) is 1.79. The van der Waals surface area contributed by atoms with Crippen LogP contribution in [0.5, 0.6) is 0 Å². The topological polar surface area (TPSA) is 38.9 Å². The van der Waals surface area contributed by atoms with E-state index in [1.165, 1.54) is 24.3 Å². The molecule has 0 aliphatic carbocycles. The number of hydrogen-bond donors (Lipinski definition) is 1. The van der Waals surface area contributed by atoms with Gasteiger partial charge in [0.2, 0.25) is 0 Å². The first-order valence-corrected chi connectivity index (χ1v) is 6.36. The zero-order valence-corrected chi connectivity index (χ0v) is 11.3. The van der Waals surface area contributed by atoms with Gasteiger partial charge in [0.05, 0.1) is 23.0 Å². The molecular formula is C15H14F4N2. The Morgan fingerprint density at radius 2 is 1.57 bits per heavy atom. The van der Waals surface area contributed by atoms with Crippen molar-refractivity contribution in [1.82, 2.24) is 4.98 Å². The van der Waals surface area contributed by atoms with Gasteiger partial charge in [-0.15, -0.1) is 0 Å². The molecule has 0 fully saturated rings. The van der Waals surface area contributed by atoms with Crippen LogP contribution in [-0.2, 0) is 11.7 Å². The van der Waals surface area contributed by atoms with Crippen LogP contribution >= 0.6 is 0 Å². The molecule has 21 heavy (non-hydrogen) atoms. The van der Waals surface area contributed by atoms with Gasteiger partial charge in [0.25, 0.3) is 0 Å². The van der Waals surface area contributed by atoms with E-state index in [9.17, 15) is 17.6 Å². The smallest absolute Gasteiger partial charge is 0.316 e. The molecule has 2 rings (SSSR count). The van der Waals surface area contributed by atoms with Crippen molar-refractivity contribution in [2.24, 2.45) is 5.73 Å². The van der Waals surface area contributed by atoms with E-state index in [1.807, 2.05) is 0 Å². The van der Waals surface area contributed by atoms with Crippen molar-refractivity contribution in [2.45, 2.75) is 25.1 Å². The molecule has 0 saturated carbocycles. The monoisotopic (exact) mass is 298 g/mol. The highest BCUT2D eigenvalue weighted by Gasteiger charge is 2.33. The van der Waals surface area contributed by atoms with Crippen LogP contribution < -0.4 is 5.73 Å². The summed E-state index contributed by atoms with van der Waals surface area (Å²) in [4.78, 5) is 3.95. The molecule has 2 N–H and O–H groups in total. The third-order valence-electron chi connectivity index (χ3n) is 3.47. The molecule has 2 aromatic rings. The number of alkyl halides is 3. The highest BCUT2D eigenvalue weighted by Crippen LogP contribution is 2.33. The third-order valence-corrected chi connectivity index (χ3v) is 3.47. The summed E-state index contributed by atoms with van der Waals surface area (Å²) < 4.78 is 50.7. The van der Waals surface area contributed by atoms with Gasteiger partial charge in [-0.1, -0.05) is 19.1 Å². The molecule has 0 aliphatic rings. The SMILES string of the molecule is CCC(N)(c1ccc(C(F)(F)F)cc1)c1ccc(F)cn1. The first-order chi connectivity index (χ1) is 9.77. The maximum absolute atomic E-state index is 12.9. The minimum absolute atomic E-state index is 0.408. The summed E-state index contributed by atoms with van der Waals surface area (Å²) in [7, 11) is 0. The van der Waals surface area contributed by atoms with Gasteiger partial charge < -0.3 is 5.73 Å². The predicted molar refractivity (Wildman–Crippen MR) is 70.9 cm³/mol. The first kappa shape index (κ1) is 15.4. The molecule has 1 atom stereocenters. The van der Waals surface area contributed by atoms with Gasteiger partial charge in [0.15, 0.2) is 0 Å². The van der Waals surface area contributed by atoms with E-state index in [0.29, 0.717) is 17.7 Å². The minimum atomic E-state index is -4.39. The molecule has 2 nitrogen and oxygen atoms in total. The average molecular weight is 298 g/mol. The summed E-state index contributed by atoms with van der Waals surface area (Å²) in [5.41, 5.74) is 5.39. The van der Waals surface area contributed by atoms with Crippen LogP contribution in [0.1, 0.15) is 30.2 Å². The largest absolute Gasteiger partial charge is 0.416 e. The van der Waals surface area contributed by atoms with Crippen molar-refractivity contribution < 1.29 is 17.6 Å². The van der Waals surface area contributed by atoms with E-state index >= 15 is 0 Å². The molecule has 0 saturated heterocycles. The van der Waals surface area contributed by atoms with Crippen molar-refractivity contribution in [1.29, 1.82) is 0 Å². The third kappa shape index (κ3) is 3.05. The number of benzene rings is 1. The lowest BCUT2D eigenvalue weighted by atomic mass is 9.84. The van der Waals surface area contributed by atoms with E-state index in [0.717, 1.165) is 18.3 Å². The lowest BCUT2D eigenvalue weighted by Crippen LogP contribution is -2.38. The summed E-state index contributed by atoms with van der Waals surface area (Å²) in [6.07, 6.45) is -2.94. The number of halogens is 4. The Morgan fingerprint density at radius 1 is 1.00 bits per heavy atom. The van der Waals surface area contributed by atoms with Crippen LogP contribution in [0.15, 0.2) is 42.6 Å². The fraction of sp³-hybridized carbons (Fsp3) is 0.267. The molecule has 1 aromatic carbocycles. The number of nitrogens with zero attached hydrogens (tertiary/aromatic N) is 1. The molecule has 0 bridgehead atoms. The minimum Gasteiger partial charge on any atom is -0.316 e. The number of rotatable bonds is 3. The first-order valence-electron chi connectivity index (χ1n) is 6.36. The molecule has 0 amide bonds. The molecule has 112 valence electrons. The predicted octanol–water partition coefficient (Wildman–Crippen LogP) is 3.85. The fourth-order valence-corrected chi connectivity index (χ4v) is 2.13. The molecule has 0 radical (unpaired) electrons. The van der Waals surface area contributed by atoms with Crippen LogP contribution in [0.2, 0.25) is 0 Å². The zero-order chi connectivity index (χ0) is 15.7. The maximum atomic E-state index is 12.9. The van der Waals surface area contributed by atoms with Crippen molar-refractivity contribution >= 4 is 0 Å². The lowest BCUT2D eigenvalue weighted by Gasteiger charge is -2.28. The van der Waals surface area contributed by atoms with Gasteiger partial charge in [-0.25, -0.2) is 4.39 Å². The fourth-order valence-electron chi connectivity index (χ4n) is 2.13. The van der Waals surface area contributed by atoms with Gasteiger partial charge in [-0.05, 0) is 36.2 Å². The molecule has 1 unspecified atom stereocenters. The van der Waals surface area contributed by atoms with E-state index in [1.54, 1.807) is 6.92 Å². The van der Waals surface area contributed by atoms with Crippen LogP contribution in [0.4, 0.5) is 17.6 Å². The van der Waals surface area contributed by atoms with Gasteiger partial charge in [0, 0.05) is 0 Å². The maximum Gasteiger partial charge on any atom is 0.416 e. The van der Waals surface area contributed by atoms with E-state index in [2.05, 4.69) is 4.98 Å². The molecule has 0 spiro atoms. The van der Waals surface area contributed by atoms with Crippen LogP contribution in [-0.4, -0.2) is 4.98 Å². The Balaban J connectivity index is 2.43. The Labute approximate surface area is 119 Å². The van der Waals surface area contributed by atoms with Gasteiger partial charge in [0.1, 0.15) is 5.82 Å². The zero-order valence-electron chi connectivity index (χ0n) is 11.3. The Kier molecular flexibility index (Phi) is 4.00. The Morgan fingerprint density at radius 3 is 2.00 bits per heavy atom. The summed E-state index contributed by atoms with van der Waals surface area (Å²) >= 11 is 0. The van der Waals surface area contributed by atoms with Crippen LogP contribution in [0, 0.1) is 5.82 Å². The molecule has 0 aliphatic heterocycles. The quantitative estimate of drug-likeness (QED) is 0.874. The highest BCUT2D eigenvalue weighted by molar-refractivity contribution is 5.36. The lowest BCUT2D eigenvalue weighted by molar-refractivity contribution is -0.137. The van der Waals surface area contributed by atoms with Crippen molar-refractivity contribution in [3.05, 3.63) is 65.2 Å². The normalized spacial score (nSPS) is 14.8. The number of nitrogens with two attached hydrogens (primary N) is 1. The standard InChI is InChI=1S/C15H14F4N2/c1-2-14(20,13-8-7-12(16)9-21-13)10-3-5-11(6-4-10)15(17,18)19/h3-9H,2,20H2,1H3. The number of pyridine rings is 1. The summed E-state index contributed by atoms with van der Waals surface area (Å²) in [5.74, 6) is -0.496. The van der Waals surface area contributed by atoms with Gasteiger partial charge >= 0.3 is 6.18 Å². The van der Waals surface area contributed by atoms with E-state index < -0.39 is 23.1 Å². The van der Waals surface area contributed by atoms with E-state index in [-0.39, 0.29) is 0 Å². The van der Waals surface area contributed by atoms with E-state index in [4.69, 9.17) is 5.73 Å². The molecular weight excluding hydrogens is 284 g/mol. The highest BCUT2D eigenvalue weighted by atomic mass is 19.4. The molecule has 6 heteroatoms. The van der Waals surface area contributed by atoms with Crippen molar-refractivity contribution in [2.75, 3.05) is 0 Å². The molecule has 1 aromatic heterocycles. The van der Waals surface area contributed by atoms with Crippen LogP contribution in [0.25, 0.3) is 0 Å². The summed E-state index contributed by atoms with van der Waals surface area (Å²) in [6, 6.07) is 7.29. The summed E-state index contributed by atoms with van der Waals surface area (Å²) in [5, 5.41) is 0. The van der Waals surface area contributed by atoms with Crippen molar-refractivity contribution in [3.8, 4) is 0 Å². The Bertz CT molecular complexity index is 605. The second kappa shape index (κ2) is 5.44. The van der Waals surface area contributed by atoms with Crippen molar-refractivity contribution in [3.63, 3.8) is 0 Å². The molecule has 1 heterocycles. The van der Waals surface area contributed by atoms with Gasteiger partial charge in [-0.3, -0.25) is 4.98 Å². The number of hydrogen-bond acceptors (Lipinski definition) is 2.